The van der Waals surface area contributed by atoms with E-state index in [1.807, 2.05) is 0 Å². The van der Waals surface area contributed by atoms with Crippen molar-refractivity contribution in [2.24, 2.45) is 11.5 Å². The maximum absolute atomic E-state index is 12.5. The first-order chi connectivity index (χ1) is 10.8. The number of hydrogen-bond acceptors (Lipinski definition) is 7. The van der Waals surface area contributed by atoms with Crippen molar-refractivity contribution in [3.8, 4) is 0 Å². The summed E-state index contributed by atoms with van der Waals surface area (Å²) in [5, 5.41) is 0. The van der Waals surface area contributed by atoms with Crippen molar-refractivity contribution >= 4 is 18.1 Å². The summed E-state index contributed by atoms with van der Waals surface area (Å²) in [5.41, 5.74) is 9.47. The van der Waals surface area contributed by atoms with Gasteiger partial charge < -0.3 is 20.9 Å². The van der Waals surface area contributed by atoms with Crippen LogP contribution in [0.1, 0.15) is 60.8 Å². The van der Waals surface area contributed by atoms with Gasteiger partial charge in [0, 0.05) is 0 Å². The van der Waals surface area contributed by atoms with E-state index in [0.717, 1.165) is 0 Å². The highest BCUT2D eigenvalue weighted by Crippen LogP contribution is 2.16. The van der Waals surface area contributed by atoms with E-state index >= 15 is 0 Å². The molecule has 8 heteroatoms. The van der Waals surface area contributed by atoms with Crippen molar-refractivity contribution in [3.05, 3.63) is 0 Å². The first-order valence-corrected chi connectivity index (χ1v) is 8.04. The zero-order chi connectivity index (χ0) is 19.1. The van der Waals surface area contributed by atoms with E-state index < -0.39 is 35.3 Å². The second-order valence-electron chi connectivity index (χ2n) is 7.53. The number of imide groups is 3. The summed E-state index contributed by atoms with van der Waals surface area (Å²) in [5.74, 6) is -0.851. The number of amides is 3. The molecule has 0 aromatic rings. The van der Waals surface area contributed by atoms with E-state index in [0.29, 0.717) is 30.7 Å². The molecule has 0 spiro atoms. The molecule has 0 saturated carbocycles. The molecule has 24 heavy (non-hydrogen) atoms. The van der Waals surface area contributed by atoms with Crippen LogP contribution in [0.2, 0.25) is 0 Å². The molecule has 0 heterocycles. The van der Waals surface area contributed by atoms with Crippen LogP contribution in [0.25, 0.3) is 0 Å². The maximum atomic E-state index is 12.5. The molecule has 0 saturated heterocycles. The Morgan fingerprint density at radius 1 is 0.917 bits per heavy atom. The molecular weight excluding hydrogens is 314 g/mol. The molecule has 0 radical (unpaired) electrons. The summed E-state index contributed by atoms with van der Waals surface area (Å²) in [6.45, 7) is 10.2. The van der Waals surface area contributed by atoms with Gasteiger partial charge >= 0.3 is 12.2 Å². The van der Waals surface area contributed by atoms with Gasteiger partial charge in [0.25, 0.3) is 5.91 Å². The first kappa shape index (κ1) is 22.3. The van der Waals surface area contributed by atoms with Gasteiger partial charge in [0.05, 0.1) is 6.04 Å². The van der Waals surface area contributed by atoms with E-state index in [1.165, 1.54) is 0 Å². The molecule has 0 fully saturated rings. The highest BCUT2D eigenvalue weighted by atomic mass is 16.6. The third-order valence-electron chi connectivity index (χ3n) is 2.66. The van der Waals surface area contributed by atoms with Gasteiger partial charge in [-0.3, -0.25) is 4.79 Å². The van der Waals surface area contributed by atoms with Gasteiger partial charge in [0.1, 0.15) is 11.2 Å². The number of rotatable bonds is 5. The van der Waals surface area contributed by atoms with Crippen LogP contribution in [0.3, 0.4) is 0 Å². The molecule has 0 aliphatic carbocycles. The molecule has 3 amide bonds. The highest BCUT2D eigenvalue weighted by Gasteiger charge is 2.38. The second-order valence-corrected chi connectivity index (χ2v) is 7.53. The molecule has 0 rings (SSSR count). The zero-order valence-corrected chi connectivity index (χ0v) is 15.5. The molecule has 0 bridgehead atoms. The number of ether oxygens (including phenoxy) is 2. The van der Waals surface area contributed by atoms with Crippen LogP contribution in [0.4, 0.5) is 9.59 Å². The first-order valence-electron chi connectivity index (χ1n) is 8.04. The van der Waals surface area contributed by atoms with Gasteiger partial charge in [-0.15, -0.1) is 4.90 Å². The lowest BCUT2D eigenvalue weighted by molar-refractivity contribution is -0.131. The monoisotopic (exact) mass is 345 g/mol. The van der Waals surface area contributed by atoms with Crippen LogP contribution in [-0.2, 0) is 14.3 Å². The Balaban J connectivity index is 5.27. The number of carbonyl (C=O) groups is 3. The SMILES string of the molecule is CC(C)(C)OC(=O)N(C(=O)OC(C)(C)C)C(=O)[C@@H](N)CCCCN. The molecule has 140 valence electrons. The lowest BCUT2D eigenvalue weighted by Gasteiger charge is -2.28. The molecule has 0 aromatic heterocycles. The van der Waals surface area contributed by atoms with E-state index in [4.69, 9.17) is 20.9 Å². The predicted octanol–water partition coefficient (Wildman–Crippen LogP) is 2.14. The molecule has 8 nitrogen and oxygen atoms in total. The number of nitrogens with two attached hydrogens (primary N) is 2. The highest BCUT2D eigenvalue weighted by molar-refractivity contribution is 6.08. The molecule has 0 aliphatic heterocycles. The summed E-state index contributed by atoms with van der Waals surface area (Å²) in [6.07, 6.45) is -0.593. The Kier molecular flexibility index (Phi) is 8.36. The van der Waals surface area contributed by atoms with Crippen molar-refractivity contribution < 1.29 is 23.9 Å². The third kappa shape index (κ3) is 8.83. The lowest BCUT2D eigenvalue weighted by atomic mass is 10.1. The van der Waals surface area contributed by atoms with E-state index in [2.05, 4.69) is 0 Å². The summed E-state index contributed by atoms with van der Waals surface area (Å²) in [7, 11) is 0. The van der Waals surface area contributed by atoms with Gasteiger partial charge in [-0.2, -0.15) is 0 Å². The Morgan fingerprint density at radius 2 is 1.33 bits per heavy atom. The average Bonchev–Trinajstić information content (AvgIpc) is 2.34. The quantitative estimate of drug-likeness (QED) is 0.731. The standard InChI is InChI=1S/C16H31N3O5/c1-15(2,3)23-13(21)19(14(22)24-16(4,5)6)12(20)11(18)9-7-8-10-17/h11H,7-10,17-18H2,1-6H3/t11-/m0/s1. The number of unbranched alkanes of at least 4 members (excludes halogenated alkanes) is 1. The Bertz CT molecular complexity index is 424. The minimum atomic E-state index is -1.10. The minimum absolute atomic E-state index is 0.304. The van der Waals surface area contributed by atoms with Crippen molar-refractivity contribution in [1.29, 1.82) is 0 Å². The molecule has 0 unspecified atom stereocenters. The fourth-order valence-electron chi connectivity index (χ4n) is 1.67. The van der Waals surface area contributed by atoms with E-state index in [1.54, 1.807) is 41.5 Å². The molecule has 0 aliphatic rings. The predicted molar refractivity (Wildman–Crippen MR) is 90.2 cm³/mol. The van der Waals surface area contributed by atoms with Crippen LogP contribution in [0, 0.1) is 0 Å². The largest absolute Gasteiger partial charge is 0.443 e. The maximum Gasteiger partial charge on any atom is 0.426 e. The normalized spacial score (nSPS) is 13.2. The van der Waals surface area contributed by atoms with Gasteiger partial charge in [0.2, 0.25) is 0 Å². The summed E-state index contributed by atoms with van der Waals surface area (Å²) >= 11 is 0. The van der Waals surface area contributed by atoms with Crippen molar-refractivity contribution in [2.75, 3.05) is 6.54 Å². The van der Waals surface area contributed by atoms with Crippen LogP contribution >= 0.6 is 0 Å². The minimum Gasteiger partial charge on any atom is -0.443 e. The molecule has 1 atom stereocenters. The summed E-state index contributed by atoms with van der Waals surface area (Å²) in [4.78, 5) is 37.3. The van der Waals surface area contributed by atoms with Gasteiger partial charge in [-0.1, -0.05) is 6.42 Å². The van der Waals surface area contributed by atoms with Gasteiger partial charge in [0.15, 0.2) is 0 Å². The molecule has 0 aromatic carbocycles. The van der Waals surface area contributed by atoms with Crippen molar-refractivity contribution in [3.63, 3.8) is 0 Å². The van der Waals surface area contributed by atoms with E-state index in [9.17, 15) is 14.4 Å². The smallest absolute Gasteiger partial charge is 0.426 e. The fourth-order valence-corrected chi connectivity index (χ4v) is 1.67. The Hall–Kier alpha value is -1.67. The van der Waals surface area contributed by atoms with E-state index in [-0.39, 0.29) is 0 Å². The van der Waals surface area contributed by atoms with Gasteiger partial charge in [-0.25, -0.2) is 9.59 Å². The van der Waals surface area contributed by atoms with Crippen LogP contribution in [-0.4, -0.2) is 46.8 Å². The summed E-state index contributed by atoms with van der Waals surface area (Å²) < 4.78 is 10.2. The topological polar surface area (TPSA) is 125 Å². The van der Waals surface area contributed by atoms with Crippen LogP contribution < -0.4 is 11.5 Å². The van der Waals surface area contributed by atoms with Gasteiger partial charge in [-0.05, 0) is 60.9 Å². The van der Waals surface area contributed by atoms with Crippen molar-refractivity contribution in [2.45, 2.75) is 78.0 Å². The van der Waals surface area contributed by atoms with Crippen LogP contribution in [0.5, 0.6) is 0 Å². The molecular formula is C16H31N3O5. The fraction of sp³-hybridized carbons (Fsp3) is 0.812. The Morgan fingerprint density at radius 3 is 1.67 bits per heavy atom. The zero-order valence-electron chi connectivity index (χ0n) is 15.5. The Labute approximate surface area is 143 Å². The number of nitrogens with zero attached hydrogens (tertiary/aromatic N) is 1. The lowest BCUT2D eigenvalue weighted by Crippen LogP contribution is -2.52. The number of carbonyl (C=O) groups excluding carboxylic acids is 3. The second kappa shape index (κ2) is 8.98. The van der Waals surface area contributed by atoms with Crippen molar-refractivity contribution in [1.82, 2.24) is 4.90 Å². The molecule has 4 N–H and O–H groups in total. The van der Waals surface area contributed by atoms with Crippen LogP contribution in [0.15, 0.2) is 0 Å². The third-order valence-corrected chi connectivity index (χ3v) is 2.66. The summed E-state index contributed by atoms with van der Waals surface area (Å²) in [6, 6.07) is -1.02. The average molecular weight is 345 g/mol. The number of hydrogen-bond donors (Lipinski definition) is 2.